The Morgan fingerprint density at radius 2 is 2.14 bits per heavy atom. The molecule has 1 unspecified atom stereocenters. The Bertz CT molecular complexity index is 732. The number of halogens is 1. The lowest BCUT2D eigenvalue weighted by Gasteiger charge is -2.11. The molecule has 6 nitrogen and oxygen atoms in total. The van der Waals surface area contributed by atoms with Crippen LogP contribution in [0.2, 0.25) is 0 Å². The lowest BCUT2D eigenvalue weighted by atomic mass is 10.1. The number of hydrogen-bond acceptors (Lipinski definition) is 5. The van der Waals surface area contributed by atoms with Crippen LogP contribution in [0, 0.1) is 0 Å². The topological polar surface area (TPSA) is 74.1 Å². The van der Waals surface area contributed by atoms with Crippen LogP contribution in [0.4, 0.5) is 5.69 Å². The van der Waals surface area contributed by atoms with Gasteiger partial charge in [-0.1, -0.05) is 27.7 Å². The van der Waals surface area contributed by atoms with Gasteiger partial charge in [0.2, 0.25) is 5.91 Å². The molecule has 22 heavy (non-hydrogen) atoms. The van der Waals surface area contributed by atoms with Crippen molar-refractivity contribution in [1.29, 1.82) is 0 Å². The van der Waals surface area contributed by atoms with E-state index in [9.17, 15) is 9.59 Å². The zero-order valence-corrected chi connectivity index (χ0v) is 14.4. The van der Waals surface area contributed by atoms with Crippen molar-refractivity contribution in [1.82, 2.24) is 4.90 Å². The van der Waals surface area contributed by atoms with Crippen molar-refractivity contribution in [2.75, 3.05) is 11.9 Å². The number of hydrogen-bond donors (Lipinski definition) is 1. The molecule has 0 saturated carbocycles. The summed E-state index contributed by atoms with van der Waals surface area (Å²) in [5.74, 6) is -0.270. The number of rotatable bonds is 2. The third-order valence-electron chi connectivity index (χ3n) is 3.38. The Labute approximate surface area is 140 Å². The molecular weight excluding hydrogens is 368 g/mol. The highest BCUT2D eigenvalue weighted by Crippen LogP contribution is 2.29. The minimum absolute atomic E-state index is 0.0190. The van der Waals surface area contributed by atoms with Gasteiger partial charge in [0, 0.05) is 16.6 Å². The molecule has 0 spiro atoms. The van der Waals surface area contributed by atoms with Crippen LogP contribution >= 0.6 is 27.7 Å². The van der Waals surface area contributed by atoms with E-state index in [4.69, 9.17) is 0 Å². The van der Waals surface area contributed by atoms with Crippen molar-refractivity contribution in [2.24, 2.45) is 10.2 Å². The van der Waals surface area contributed by atoms with Crippen molar-refractivity contribution < 1.29 is 9.59 Å². The maximum Gasteiger partial charge on any atom is 0.276 e. The van der Waals surface area contributed by atoms with Crippen molar-refractivity contribution >= 4 is 56.1 Å². The molecule has 1 saturated heterocycles. The van der Waals surface area contributed by atoms with E-state index in [1.54, 1.807) is 11.0 Å². The lowest BCUT2D eigenvalue weighted by molar-refractivity contribution is -0.125. The highest BCUT2D eigenvalue weighted by atomic mass is 79.9. The fourth-order valence-electron chi connectivity index (χ4n) is 2.27. The number of thioether (sulfide) groups is 1. The van der Waals surface area contributed by atoms with Crippen molar-refractivity contribution in [3.63, 3.8) is 0 Å². The molecular formula is C14H13BrN4O2S. The number of anilines is 1. The summed E-state index contributed by atoms with van der Waals surface area (Å²) in [6.07, 6.45) is 0. The van der Waals surface area contributed by atoms with Gasteiger partial charge in [0.15, 0.2) is 10.9 Å². The van der Waals surface area contributed by atoms with Crippen molar-refractivity contribution in [3.8, 4) is 0 Å². The molecule has 1 atom stereocenters. The first-order chi connectivity index (χ1) is 10.5. The number of nitrogens with one attached hydrogen (secondary N) is 1. The Kier molecular flexibility index (Phi) is 4.05. The average Bonchev–Trinajstić information content (AvgIpc) is 2.93. The molecule has 1 aromatic rings. The molecule has 1 aromatic carbocycles. The smallest absolute Gasteiger partial charge is 0.276 e. The summed E-state index contributed by atoms with van der Waals surface area (Å²) in [4.78, 5) is 25.5. The Morgan fingerprint density at radius 1 is 1.36 bits per heavy atom. The number of benzene rings is 1. The molecule has 2 heterocycles. The molecule has 2 aliphatic heterocycles. The van der Waals surface area contributed by atoms with Crippen molar-refractivity contribution in [3.05, 3.63) is 28.2 Å². The monoisotopic (exact) mass is 380 g/mol. The number of nitrogens with zero attached hydrogens (tertiary/aromatic N) is 3. The average molecular weight is 381 g/mol. The van der Waals surface area contributed by atoms with Crippen LogP contribution in [0.5, 0.6) is 0 Å². The predicted octanol–water partition coefficient (Wildman–Crippen LogP) is 2.45. The number of amides is 2. The largest absolute Gasteiger partial charge is 0.320 e. The third kappa shape index (κ3) is 2.56. The second-order valence-corrected chi connectivity index (χ2v) is 7.04. The molecule has 0 bridgehead atoms. The minimum Gasteiger partial charge on any atom is -0.320 e. The highest BCUT2D eigenvalue weighted by molar-refractivity contribution is 9.10. The summed E-state index contributed by atoms with van der Waals surface area (Å²) in [5, 5.41) is 11.3. The summed E-state index contributed by atoms with van der Waals surface area (Å²) in [5.41, 5.74) is 1.67. The molecule has 0 aromatic heterocycles. The quantitative estimate of drug-likeness (QED) is 0.800. The van der Waals surface area contributed by atoms with Gasteiger partial charge in [0.1, 0.15) is 0 Å². The molecule has 0 radical (unpaired) electrons. The maximum atomic E-state index is 12.0. The van der Waals surface area contributed by atoms with Crippen molar-refractivity contribution in [2.45, 2.75) is 19.1 Å². The molecule has 1 N–H and O–H groups in total. The van der Waals surface area contributed by atoms with Gasteiger partial charge in [-0.25, -0.2) is 0 Å². The molecule has 114 valence electrons. The van der Waals surface area contributed by atoms with Gasteiger partial charge in [-0.05, 0) is 32.0 Å². The van der Waals surface area contributed by atoms with Gasteiger partial charge in [0.25, 0.3) is 5.91 Å². The maximum absolute atomic E-state index is 12.0. The van der Waals surface area contributed by atoms with E-state index in [2.05, 4.69) is 31.4 Å². The molecule has 1 fully saturated rings. The van der Waals surface area contributed by atoms with Crippen LogP contribution in [0.1, 0.15) is 19.4 Å². The second kappa shape index (κ2) is 5.85. The minimum atomic E-state index is -0.289. The van der Waals surface area contributed by atoms with E-state index in [0.29, 0.717) is 23.0 Å². The zero-order chi connectivity index (χ0) is 15.9. The van der Waals surface area contributed by atoms with Gasteiger partial charge in [-0.2, -0.15) is 0 Å². The van der Waals surface area contributed by atoms with Crippen LogP contribution in [-0.2, 0) is 9.59 Å². The fraction of sp³-hybridized carbons (Fsp3) is 0.286. The number of carbonyl (C=O) groups is 2. The normalized spacial score (nSPS) is 24.3. The van der Waals surface area contributed by atoms with Crippen LogP contribution in [0.3, 0.4) is 0 Å². The summed E-state index contributed by atoms with van der Waals surface area (Å²) >= 11 is 4.73. The number of carbonyl (C=O) groups excluding carboxylic acids is 2. The zero-order valence-electron chi connectivity index (χ0n) is 12.0. The molecule has 2 aliphatic rings. The van der Waals surface area contributed by atoms with E-state index in [1.165, 1.54) is 11.8 Å². The Hall–Kier alpha value is -1.67. The van der Waals surface area contributed by atoms with Gasteiger partial charge in [-0.15, -0.1) is 10.2 Å². The van der Waals surface area contributed by atoms with Gasteiger partial charge in [-0.3, -0.25) is 14.5 Å². The first-order valence-corrected chi connectivity index (χ1v) is 8.43. The Morgan fingerprint density at radius 3 is 2.86 bits per heavy atom. The van der Waals surface area contributed by atoms with Crippen LogP contribution in [-0.4, -0.2) is 39.4 Å². The molecule has 2 amide bonds. The third-order valence-corrected chi connectivity index (χ3v) is 4.94. The Balaban J connectivity index is 1.97. The van der Waals surface area contributed by atoms with E-state index < -0.39 is 0 Å². The van der Waals surface area contributed by atoms with Gasteiger partial charge >= 0.3 is 0 Å². The second-order valence-electron chi connectivity index (χ2n) is 4.82. The van der Waals surface area contributed by atoms with E-state index in [-0.39, 0.29) is 22.8 Å². The first-order valence-electron chi connectivity index (χ1n) is 6.76. The molecule has 8 heteroatoms. The van der Waals surface area contributed by atoms with Crippen LogP contribution in [0.15, 0.2) is 32.9 Å². The molecule has 3 rings (SSSR count). The fourth-order valence-corrected chi connectivity index (χ4v) is 3.61. The summed E-state index contributed by atoms with van der Waals surface area (Å²) in [7, 11) is 0. The highest BCUT2D eigenvalue weighted by Gasteiger charge is 2.34. The van der Waals surface area contributed by atoms with Crippen LogP contribution < -0.4 is 5.32 Å². The summed E-state index contributed by atoms with van der Waals surface area (Å²) in [6.45, 7) is 4.25. The molecule has 0 aliphatic carbocycles. The van der Waals surface area contributed by atoms with E-state index in [0.717, 1.165) is 4.47 Å². The number of fused-ring (bicyclic) bond motifs is 1. The standard InChI is InChI=1S/C14H13BrN4O2S/c1-3-19-13(21)7(2)22-14(19)18-17-11-9-6-8(15)4-5-10(9)16-12(11)20/h4-7H,3H2,1-2H3,(H,16,17,20)/b18-14+. The summed E-state index contributed by atoms with van der Waals surface area (Å²) in [6, 6.07) is 5.47. The number of amidine groups is 1. The SMILES string of the molecule is CCN1C(=O)C(C)S/C1=N/N=C1\C(=O)Nc2ccc(Br)cc21. The van der Waals surface area contributed by atoms with Gasteiger partial charge in [0.05, 0.1) is 10.9 Å². The summed E-state index contributed by atoms with van der Waals surface area (Å²) < 4.78 is 0.859. The van der Waals surface area contributed by atoms with E-state index >= 15 is 0 Å². The van der Waals surface area contributed by atoms with Gasteiger partial charge < -0.3 is 5.32 Å². The predicted molar refractivity (Wildman–Crippen MR) is 91.2 cm³/mol. The van der Waals surface area contributed by atoms with Crippen LogP contribution in [0.25, 0.3) is 0 Å². The first kappa shape index (κ1) is 15.2. The lowest BCUT2D eigenvalue weighted by Crippen LogP contribution is -2.31. The van der Waals surface area contributed by atoms with E-state index in [1.807, 2.05) is 26.0 Å².